The molecule has 0 fully saturated rings. The third-order valence-electron chi connectivity index (χ3n) is 1.28. The fraction of sp³-hybridized carbons (Fsp3) is 0.125. The quantitative estimate of drug-likeness (QED) is 0.667. The van der Waals surface area contributed by atoms with Crippen LogP contribution in [0.4, 0.5) is 10.5 Å². The molecule has 0 atom stereocenters. The molecule has 0 bridgehead atoms. The summed E-state index contributed by atoms with van der Waals surface area (Å²) in [7, 11) is 1.28. The van der Waals surface area contributed by atoms with Gasteiger partial charge < -0.3 is 9.84 Å². The highest BCUT2D eigenvalue weighted by molar-refractivity contribution is 5.84. The molecule has 0 radical (unpaired) electrons. The summed E-state index contributed by atoms with van der Waals surface area (Å²) in [4.78, 5) is 10.7. The fourth-order valence-electron chi connectivity index (χ4n) is 0.753. The minimum atomic E-state index is -0.555. The van der Waals surface area contributed by atoms with Gasteiger partial charge in [-0.3, -0.25) is 5.32 Å². The maximum atomic E-state index is 10.7. The number of anilines is 1. The number of nitrogens with one attached hydrogen (secondary N) is 1. The van der Waals surface area contributed by atoms with E-state index in [1.807, 2.05) is 0 Å². The number of aromatic hydroxyl groups is 1. The summed E-state index contributed by atoms with van der Waals surface area (Å²) in [5.41, 5.74) is 0.502. The number of phenolic OH excluding ortho intramolecular Hbond substituents is 1. The molecule has 0 aliphatic carbocycles. The predicted octanol–water partition coefficient (Wildman–Crippen LogP) is 1.57. The fourth-order valence-corrected chi connectivity index (χ4v) is 0.753. The average Bonchev–Trinajstić information content (AvgIpc) is 2.04. The molecule has 0 aliphatic rings. The monoisotopic (exact) mass is 167 g/mol. The number of ether oxygens (including phenoxy) is 1. The number of hydrogen-bond acceptors (Lipinski definition) is 3. The Hall–Kier alpha value is -1.71. The first kappa shape index (κ1) is 8.39. The Morgan fingerprint density at radius 2 is 2.33 bits per heavy atom. The molecule has 64 valence electrons. The van der Waals surface area contributed by atoms with Crippen LogP contribution in [-0.4, -0.2) is 18.3 Å². The van der Waals surface area contributed by atoms with Crippen LogP contribution < -0.4 is 5.32 Å². The summed E-state index contributed by atoms with van der Waals surface area (Å²) in [6.45, 7) is 0. The van der Waals surface area contributed by atoms with Crippen LogP contribution in [0.5, 0.6) is 5.75 Å². The van der Waals surface area contributed by atoms with Gasteiger partial charge in [-0.25, -0.2) is 4.79 Å². The number of carbonyl (C=O) groups excluding carboxylic acids is 1. The molecule has 12 heavy (non-hydrogen) atoms. The normalized spacial score (nSPS) is 9.08. The third-order valence-corrected chi connectivity index (χ3v) is 1.28. The van der Waals surface area contributed by atoms with E-state index in [1.165, 1.54) is 19.2 Å². The van der Waals surface area contributed by atoms with Crippen molar-refractivity contribution < 1.29 is 14.6 Å². The van der Waals surface area contributed by atoms with Gasteiger partial charge in [0.15, 0.2) is 0 Å². The molecule has 0 heterocycles. The lowest BCUT2D eigenvalue weighted by molar-refractivity contribution is 0.187. The third kappa shape index (κ3) is 2.16. The lowest BCUT2D eigenvalue weighted by atomic mass is 10.3. The minimum absolute atomic E-state index is 0.101. The van der Waals surface area contributed by atoms with Gasteiger partial charge in [0.1, 0.15) is 5.75 Å². The molecule has 0 saturated carbocycles. The standard InChI is InChI=1S/C8H9NO3/c1-12-8(11)9-6-3-2-4-7(10)5-6/h2-5,10H,1H3,(H,9,11). The molecule has 0 saturated heterocycles. The maximum Gasteiger partial charge on any atom is 0.411 e. The molecule has 1 rings (SSSR count). The molecule has 1 aromatic rings. The molecular formula is C8H9NO3. The van der Waals surface area contributed by atoms with Crippen LogP contribution in [0.15, 0.2) is 24.3 Å². The van der Waals surface area contributed by atoms with Crippen molar-refractivity contribution in [2.75, 3.05) is 12.4 Å². The lowest BCUT2D eigenvalue weighted by Crippen LogP contribution is -2.10. The highest BCUT2D eigenvalue weighted by atomic mass is 16.5. The van der Waals surface area contributed by atoms with E-state index >= 15 is 0 Å². The molecule has 1 aromatic carbocycles. The second-order valence-electron chi connectivity index (χ2n) is 2.17. The first-order valence-corrected chi connectivity index (χ1v) is 3.36. The number of hydrogen-bond donors (Lipinski definition) is 2. The Morgan fingerprint density at radius 3 is 2.92 bits per heavy atom. The van der Waals surface area contributed by atoms with Crippen LogP contribution in [0.3, 0.4) is 0 Å². The summed E-state index contributed by atoms with van der Waals surface area (Å²) in [5.74, 6) is 0.101. The van der Waals surface area contributed by atoms with Crippen LogP contribution in [-0.2, 0) is 4.74 Å². The number of rotatable bonds is 1. The van der Waals surface area contributed by atoms with Gasteiger partial charge in [0, 0.05) is 11.8 Å². The van der Waals surface area contributed by atoms with Crippen molar-refractivity contribution >= 4 is 11.8 Å². The zero-order valence-corrected chi connectivity index (χ0v) is 6.57. The van der Waals surface area contributed by atoms with Crippen LogP contribution in [0.2, 0.25) is 0 Å². The summed E-state index contributed by atoms with van der Waals surface area (Å²) in [5, 5.41) is 11.4. The number of amides is 1. The zero-order chi connectivity index (χ0) is 8.97. The van der Waals surface area contributed by atoms with Crippen molar-refractivity contribution in [1.82, 2.24) is 0 Å². The number of methoxy groups -OCH3 is 1. The Morgan fingerprint density at radius 1 is 1.58 bits per heavy atom. The minimum Gasteiger partial charge on any atom is -0.508 e. The SMILES string of the molecule is COC(=O)Nc1cccc(O)c1. The Kier molecular flexibility index (Phi) is 2.53. The van der Waals surface area contributed by atoms with Gasteiger partial charge in [-0.05, 0) is 12.1 Å². The molecule has 0 spiro atoms. The van der Waals surface area contributed by atoms with Crippen molar-refractivity contribution in [3.05, 3.63) is 24.3 Å². The van der Waals surface area contributed by atoms with Gasteiger partial charge >= 0.3 is 6.09 Å². The first-order chi connectivity index (χ1) is 5.72. The second kappa shape index (κ2) is 3.61. The zero-order valence-electron chi connectivity index (χ0n) is 6.57. The molecule has 4 heteroatoms. The molecule has 0 aliphatic heterocycles. The van der Waals surface area contributed by atoms with Gasteiger partial charge in [-0.2, -0.15) is 0 Å². The number of phenols is 1. The maximum absolute atomic E-state index is 10.7. The van der Waals surface area contributed by atoms with E-state index < -0.39 is 6.09 Å². The predicted molar refractivity (Wildman–Crippen MR) is 44.1 cm³/mol. The largest absolute Gasteiger partial charge is 0.508 e. The van der Waals surface area contributed by atoms with E-state index in [4.69, 9.17) is 5.11 Å². The van der Waals surface area contributed by atoms with E-state index in [1.54, 1.807) is 12.1 Å². The summed E-state index contributed by atoms with van der Waals surface area (Å²) < 4.78 is 4.36. The average molecular weight is 167 g/mol. The second-order valence-corrected chi connectivity index (χ2v) is 2.17. The summed E-state index contributed by atoms with van der Waals surface area (Å²) >= 11 is 0. The smallest absolute Gasteiger partial charge is 0.411 e. The van der Waals surface area contributed by atoms with Crippen molar-refractivity contribution in [2.24, 2.45) is 0 Å². The van der Waals surface area contributed by atoms with Crippen molar-refractivity contribution in [3.8, 4) is 5.75 Å². The van der Waals surface area contributed by atoms with Crippen molar-refractivity contribution in [2.45, 2.75) is 0 Å². The molecule has 0 aromatic heterocycles. The highest BCUT2D eigenvalue weighted by Gasteiger charge is 1.99. The van der Waals surface area contributed by atoms with Gasteiger partial charge in [0.2, 0.25) is 0 Å². The van der Waals surface area contributed by atoms with Gasteiger partial charge in [-0.15, -0.1) is 0 Å². The van der Waals surface area contributed by atoms with Gasteiger partial charge in [0.25, 0.3) is 0 Å². The Bertz CT molecular complexity index is 285. The van der Waals surface area contributed by atoms with Gasteiger partial charge in [-0.1, -0.05) is 6.07 Å². The first-order valence-electron chi connectivity index (χ1n) is 3.36. The number of benzene rings is 1. The molecular weight excluding hydrogens is 158 g/mol. The molecule has 4 nitrogen and oxygen atoms in total. The van der Waals surface area contributed by atoms with E-state index in [-0.39, 0.29) is 5.75 Å². The Balaban J connectivity index is 2.69. The van der Waals surface area contributed by atoms with Gasteiger partial charge in [0.05, 0.1) is 7.11 Å². The highest BCUT2D eigenvalue weighted by Crippen LogP contribution is 2.15. The van der Waals surface area contributed by atoms with E-state index in [0.29, 0.717) is 5.69 Å². The van der Waals surface area contributed by atoms with E-state index in [9.17, 15) is 4.79 Å². The molecule has 2 N–H and O–H groups in total. The lowest BCUT2D eigenvalue weighted by Gasteiger charge is -2.02. The van der Waals surface area contributed by atoms with Crippen LogP contribution in [0.1, 0.15) is 0 Å². The topological polar surface area (TPSA) is 58.6 Å². The van der Waals surface area contributed by atoms with Crippen LogP contribution in [0, 0.1) is 0 Å². The van der Waals surface area contributed by atoms with E-state index in [2.05, 4.69) is 10.1 Å². The van der Waals surface area contributed by atoms with E-state index in [0.717, 1.165) is 0 Å². The summed E-state index contributed by atoms with van der Waals surface area (Å²) in [6.07, 6.45) is -0.555. The summed E-state index contributed by atoms with van der Waals surface area (Å²) in [6, 6.07) is 6.22. The van der Waals surface area contributed by atoms with Crippen molar-refractivity contribution in [1.29, 1.82) is 0 Å². The van der Waals surface area contributed by atoms with Crippen LogP contribution in [0.25, 0.3) is 0 Å². The number of carbonyl (C=O) groups is 1. The molecule has 1 amide bonds. The molecule has 0 unspecified atom stereocenters. The Labute approximate surface area is 69.8 Å². The van der Waals surface area contributed by atoms with Crippen LogP contribution >= 0.6 is 0 Å². The van der Waals surface area contributed by atoms with Crippen molar-refractivity contribution in [3.63, 3.8) is 0 Å².